The number of hydrogen-bond donors (Lipinski definition) is 3. The van der Waals surface area contributed by atoms with Crippen LogP contribution < -0.4 is 0 Å². The minimum Gasteiger partial charge on any atom is -0.459 e. The van der Waals surface area contributed by atoms with E-state index in [1.165, 1.54) is 21.0 Å². The number of Topliss-reactive ketones (excluding diaryl/α,β-unsaturated/α-hetero) is 1. The highest BCUT2D eigenvalue weighted by Crippen LogP contribution is 2.38. The average Bonchev–Trinajstić information content (AvgIpc) is 3.54. The van der Waals surface area contributed by atoms with Crippen molar-refractivity contribution in [2.75, 3.05) is 47.9 Å². The van der Waals surface area contributed by atoms with Gasteiger partial charge in [0, 0.05) is 56.6 Å². The van der Waals surface area contributed by atoms with Gasteiger partial charge >= 0.3 is 5.97 Å². The molecule has 0 amide bonds. The van der Waals surface area contributed by atoms with Gasteiger partial charge < -0.3 is 53.5 Å². The molecule has 1 aromatic heterocycles. The van der Waals surface area contributed by atoms with Crippen molar-refractivity contribution in [1.29, 1.82) is 0 Å². The number of ether oxygens (including phenoxy) is 4. The molecule has 0 spiro atoms. The Hall–Kier alpha value is -2.51. The van der Waals surface area contributed by atoms with E-state index in [0.29, 0.717) is 31.6 Å². The second kappa shape index (κ2) is 19.6. The fraction of sp³-hybridized carbons (Fsp3) is 0.865. The van der Waals surface area contributed by atoms with Gasteiger partial charge in [-0.05, 0) is 68.1 Å². The van der Waals surface area contributed by atoms with E-state index >= 15 is 0 Å². The van der Waals surface area contributed by atoms with E-state index in [-0.39, 0.29) is 31.6 Å². The number of likely N-dealkylation sites (N-methyl/N-ethyl adjacent to an activating group) is 2. The van der Waals surface area contributed by atoms with Crippen LogP contribution >= 0.6 is 0 Å². The Morgan fingerprint density at radius 2 is 1.76 bits per heavy atom. The third kappa shape index (κ3) is 11.1. The van der Waals surface area contributed by atoms with E-state index in [0.717, 1.165) is 5.69 Å². The van der Waals surface area contributed by atoms with Gasteiger partial charge in [-0.2, -0.15) is 0 Å². The molecule has 0 aliphatic carbocycles. The Bertz CT molecular complexity index is 1400. The van der Waals surface area contributed by atoms with E-state index in [9.17, 15) is 24.9 Å². The number of hydrogen-bond acceptors (Lipinski definition) is 15. The summed E-state index contributed by atoms with van der Waals surface area (Å²) in [4.78, 5) is 37.6. The summed E-state index contributed by atoms with van der Waals surface area (Å²) in [5.41, 5.74) is -1.85. The molecule has 13 atom stereocenters. The molecule has 54 heavy (non-hydrogen) atoms. The number of carbonyl (C=O) groups is 2. The first-order valence-corrected chi connectivity index (χ1v) is 19.3. The fourth-order valence-corrected chi connectivity index (χ4v) is 7.85. The Morgan fingerprint density at radius 3 is 2.33 bits per heavy atom. The van der Waals surface area contributed by atoms with Crippen LogP contribution in [0, 0.1) is 23.7 Å². The number of nitrogens with zero attached hydrogens (tertiary/aromatic N) is 6. The van der Waals surface area contributed by atoms with Gasteiger partial charge in [0.15, 0.2) is 12.1 Å². The van der Waals surface area contributed by atoms with Gasteiger partial charge in [0.1, 0.15) is 30.3 Å². The van der Waals surface area contributed by atoms with E-state index in [1.54, 1.807) is 25.4 Å². The quantitative estimate of drug-likeness (QED) is 0.0886. The lowest BCUT2D eigenvalue weighted by Crippen LogP contribution is -2.60. The molecule has 0 bridgehead atoms. The van der Waals surface area contributed by atoms with Crippen molar-refractivity contribution in [2.45, 2.75) is 135 Å². The molecule has 2 aliphatic rings. The predicted molar refractivity (Wildman–Crippen MR) is 204 cm³/mol. The van der Waals surface area contributed by atoms with E-state index in [1.807, 2.05) is 61.0 Å². The van der Waals surface area contributed by atoms with E-state index < -0.39 is 77.3 Å². The van der Waals surface area contributed by atoms with Crippen molar-refractivity contribution >= 4 is 25.4 Å². The summed E-state index contributed by atoms with van der Waals surface area (Å²) in [5, 5.41) is 48.0. The van der Waals surface area contributed by atoms with Gasteiger partial charge in [0.25, 0.3) is 7.98 Å². The molecule has 2 aliphatic heterocycles. The highest BCUT2D eigenvalue weighted by atomic mass is 16.7. The Labute approximate surface area is 322 Å². The molecule has 3 heterocycles. The molecule has 17 heteroatoms. The lowest BCUT2D eigenvalue weighted by molar-refractivity contribution is -0.295. The van der Waals surface area contributed by atoms with Crippen LogP contribution in [0.2, 0.25) is 0 Å². The normalized spacial score (nSPS) is 38.5. The number of ketones is 1. The maximum Gasteiger partial charge on any atom is 0.316 e. The summed E-state index contributed by atoms with van der Waals surface area (Å²) in [6, 6.07) is -0.347. The SMILES string of the molecule is Bn1cc(CCN(C)[C@H]2C[C@@H](C)O[C@@H](O[C@@H]3[C@@H](C)C(=O)[C@@H](C)C(=O)O[C@H](CC)[C@@](C)(O)[C@H](O)[C@H](C)/C(=N/OCCN(C)C)[C@H](C)C[C@@]3(C)OC)[C@@H]2O)nn1. The fourth-order valence-electron chi connectivity index (χ4n) is 7.85. The minimum atomic E-state index is -1.90. The molecule has 0 radical (unpaired) electrons. The molecule has 1 aromatic rings. The number of methoxy groups -OCH3 is 1. The van der Waals surface area contributed by atoms with Crippen LogP contribution in [-0.4, -0.2) is 167 Å². The van der Waals surface area contributed by atoms with Crippen molar-refractivity contribution in [3.05, 3.63) is 11.9 Å². The highest BCUT2D eigenvalue weighted by Gasteiger charge is 2.51. The zero-order valence-corrected chi connectivity index (χ0v) is 34.8. The van der Waals surface area contributed by atoms with Gasteiger partial charge in [0.05, 0.1) is 35.3 Å². The summed E-state index contributed by atoms with van der Waals surface area (Å²) in [5.74, 6) is -4.71. The van der Waals surface area contributed by atoms with Gasteiger partial charge in [-0.15, -0.1) is 5.10 Å². The third-order valence-corrected chi connectivity index (χ3v) is 11.4. The third-order valence-electron chi connectivity index (χ3n) is 11.4. The minimum absolute atomic E-state index is 0.178. The van der Waals surface area contributed by atoms with Crippen LogP contribution in [0.1, 0.15) is 80.3 Å². The Balaban J connectivity index is 2.06. The monoisotopic (exact) mass is 767 g/mol. The number of carbonyl (C=O) groups excluding carboxylic acids is 2. The molecule has 3 N–H and O–H groups in total. The van der Waals surface area contributed by atoms with Crippen molar-refractivity contribution in [2.24, 2.45) is 28.8 Å². The summed E-state index contributed by atoms with van der Waals surface area (Å²) in [6.45, 7) is 15.1. The zero-order chi connectivity index (χ0) is 40.7. The van der Waals surface area contributed by atoms with Gasteiger partial charge in [-0.3, -0.25) is 9.59 Å². The summed E-state index contributed by atoms with van der Waals surface area (Å²) in [6.07, 6.45) is -2.73. The molecule has 2 saturated heterocycles. The van der Waals surface area contributed by atoms with Crippen LogP contribution in [0.5, 0.6) is 0 Å². The molecular weight excluding hydrogens is 699 g/mol. The van der Waals surface area contributed by atoms with Crippen LogP contribution in [0.25, 0.3) is 0 Å². The number of aliphatic hydroxyl groups is 3. The first-order valence-electron chi connectivity index (χ1n) is 19.3. The number of oxime groups is 1. The maximum absolute atomic E-state index is 14.2. The van der Waals surface area contributed by atoms with Crippen LogP contribution in [0.4, 0.5) is 0 Å². The van der Waals surface area contributed by atoms with Crippen LogP contribution in [-0.2, 0) is 39.8 Å². The van der Waals surface area contributed by atoms with Gasteiger partial charge in [0.2, 0.25) is 0 Å². The Morgan fingerprint density at radius 1 is 1.09 bits per heavy atom. The molecule has 16 nitrogen and oxygen atoms in total. The lowest BCUT2D eigenvalue weighted by Gasteiger charge is -2.47. The standard InChI is InChI=1S/C37H67BN6O10/c1-13-28-37(8,49)32(47)23(4)29(40-51-17-16-42(9)10)21(2)19-36(7,50-12)33(24(5)30(45)25(6)34(48)53-28)54-35-31(46)27(18-22(3)52-35)43(11)15-14-26-20-44(38)41-39-26/h20-25,27-28,31-33,35,46-47,49H,13-19,38H2,1-12H3/b40-29+/t21-,22-,23-,24+,25-,27+,28-,31-,32-,33-,35+,36-,37-/m1/s1. The summed E-state index contributed by atoms with van der Waals surface area (Å²) < 4.78 is 26.7. The smallest absolute Gasteiger partial charge is 0.316 e. The number of cyclic esters (lactones) is 1. The summed E-state index contributed by atoms with van der Waals surface area (Å²) in [7, 11) is 9.09. The highest BCUT2D eigenvalue weighted by molar-refractivity contribution is 6.05. The molecule has 2 fully saturated rings. The van der Waals surface area contributed by atoms with Crippen molar-refractivity contribution < 1.29 is 48.7 Å². The van der Waals surface area contributed by atoms with Crippen molar-refractivity contribution in [3.63, 3.8) is 0 Å². The maximum atomic E-state index is 14.2. The Kier molecular flexibility index (Phi) is 16.6. The second-order valence-corrected chi connectivity index (χ2v) is 16.3. The second-order valence-electron chi connectivity index (χ2n) is 16.3. The average molecular weight is 767 g/mol. The molecule has 0 aromatic carbocycles. The topological polar surface area (TPSA) is 191 Å². The van der Waals surface area contributed by atoms with Crippen molar-refractivity contribution in [1.82, 2.24) is 24.7 Å². The number of esters is 1. The van der Waals surface area contributed by atoms with Gasteiger partial charge in [-0.25, -0.2) is 0 Å². The molecule has 3 rings (SSSR count). The largest absolute Gasteiger partial charge is 0.459 e. The zero-order valence-electron chi connectivity index (χ0n) is 34.8. The first kappa shape index (κ1) is 45.9. The first-order chi connectivity index (χ1) is 25.2. The number of aliphatic hydroxyl groups excluding tert-OH is 2. The van der Waals surface area contributed by atoms with E-state index in [2.05, 4.69) is 20.4 Å². The molecule has 308 valence electrons. The number of aromatic nitrogens is 3. The molecule has 0 unspecified atom stereocenters. The van der Waals surface area contributed by atoms with E-state index in [4.69, 9.17) is 23.8 Å². The van der Waals surface area contributed by atoms with Crippen LogP contribution in [0.15, 0.2) is 11.4 Å². The number of rotatable bonds is 12. The lowest BCUT2D eigenvalue weighted by atomic mass is 9.74. The van der Waals surface area contributed by atoms with Gasteiger partial charge in [-0.1, -0.05) is 38.1 Å². The van der Waals surface area contributed by atoms with Crippen molar-refractivity contribution in [3.8, 4) is 0 Å². The molecule has 0 saturated carbocycles. The molecular formula is C37H67BN6O10. The van der Waals surface area contributed by atoms with Crippen LogP contribution in [0.3, 0.4) is 0 Å². The summed E-state index contributed by atoms with van der Waals surface area (Å²) >= 11 is 0. The predicted octanol–water partition coefficient (Wildman–Crippen LogP) is 0.688.